The Morgan fingerprint density at radius 3 is 2.13 bits per heavy atom. The Morgan fingerprint density at radius 2 is 1.47 bits per heavy atom. The monoisotopic (exact) mass is 407 g/mol. The van der Waals surface area contributed by atoms with Gasteiger partial charge in [0.1, 0.15) is 5.75 Å². The number of ether oxygens (including phenoxy) is 1. The third-order valence-corrected chi connectivity index (χ3v) is 4.53. The van der Waals surface area contributed by atoms with Gasteiger partial charge < -0.3 is 9.26 Å². The van der Waals surface area contributed by atoms with Gasteiger partial charge in [-0.15, -0.1) is 0 Å². The summed E-state index contributed by atoms with van der Waals surface area (Å²) in [5, 5.41) is 7.44. The fourth-order valence-electron chi connectivity index (χ4n) is 3.14. The Labute approximate surface area is 172 Å². The first-order valence-corrected chi connectivity index (χ1v) is 9.40. The summed E-state index contributed by atoms with van der Waals surface area (Å²) in [4.78, 5) is 4.44. The van der Waals surface area contributed by atoms with Gasteiger partial charge in [-0.3, -0.25) is 5.32 Å². The topological polar surface area (TPSA) is 60.2 Å². The molecule has 1 atom stereocenters. The molecule has 3 aromatic carbocycles. The molecule has 0 amide bonds. The zero-order valence-electron chi connectivity index (χ0n) is 15.9. The number of halogens is 2. The lowest BCUT2D eigenvalue weighted by atomic mass is 9.98. The number of nitrogens with zero attached hydrogens (tertiary/aromatic N) is 2. The van der Waals surface area contributed by atoms with Crippen molar-refractivity contribution in [1.82, 2.24) is 15.5 Å². The van der Waals surface area contributed by atoms with Crippen molar-refractivity contribution in [3.05, 3.63) is 102 Å². The van der Waals surface area contributed by atoms with Crippen LogP contribution in [0.25, 0.3) is 11.4 Å². The van der Waals surface area contributed by atoms with E-state index in [1.165, 1.54) is 12.1 Å². The van der Waals surface area contributed by atoms with Crippen molar-refractivity contribution in [3.63, 3.8) is 0 Å². The molecule has 4 rings (SSSR count). The Bertz CT molecular complexity index is 1050. The summed E-state index contributed by atoms with van der Waals surface area (Å²) in [5.74, 6) is 1.09. The second kappa shape index (κ2) is 9.28. The van der Waals surface area contributed by atoms with Crippen LogP contribution in [0.5, 0.6) is 5.75 Å². The predicted octanol–water partition coefficient (Wildman–Crippen LogP) is 5.22. The summed E-state index contributed by atoms with van der Waals surface area (Å²) in [6.45, 7) is -2.51. The van der Waals surface area contributed by atoms with Crippen LogP contribution in [0.4, 0.5) is 8.78 Å². The predicted molar refractivity (Wildman–Crippen MR) is 108 cm³/mol. The molecule has 0 bridgehead atoms. The SMILES string of the molecule is FC(F)Oc1ccc([C@@H](NCc2nc(-c3ccccc3)no2)c2ccccc2)cc1. The average Bonchev–Trinajstić information content (AvgIpc) is 3.25. The van der Waals surface area contributed by atoms with Crippen molar-refractivity contribution in [2.24, 2.45) is 0 Å². The van der Waals surface area contributed by atoms with Crippen LogP contribution in [0, 0.1) is 0 Å². The van der Waals surface area contributed by atoms with Gasteiger partial charge in [0, 0.05) is 5.56 Å². The molecule has 0 fully saturated rings. The summed E-state index contributed by atoms with van der Waals surface area (Å²) >= 11 is 0. The summed E-state index contributed by atoms with van der Waals surface area (Å²) in [5.41, 5.74) is 2.79. The van der Waals surface area contributed by atoms with Gasteiger partial charge in [0.05, 0.1) is 12.6 Å². The van der Waals surface area contributed by atoms with Crippen molar-refractivity contribution in [3.8, 4) is 17.1 Å². The van der Waals surface area contributed by atoms with Crippen LogP contribution < -0.4 is 10.1 Å². The van der Waals surface area contributed by atoms with Crippen LogP contribution in [0.15, 0.2) is 89.5 Å². The van der Waals surface area contributed by atoms with E-state index in [-0.39, 0.29) is 11.8 Å². The van der Waals surface area contributed by atoms with Crippen LogP contribution in [0.2, 0.25) is 0 Å². The molecule has 0 aliphatic heterocycles. The molecule has 0 aliphatic rings. The minimum atomic E-state index is -2.85. The smallest absolute Gasteiger partial charge is 0.387 e. The van der Waals surface area contributed by atoms with Gasteiger partial charge in [-0.2, -0.15) is 13.8 Å². The molecule has 5 nitrogen and oxygen atoms in total. The highest BCUT2D eigenvalue weighted by Crippen LogP contribution is 2.25. The Hall–Kier alpha value is -3.58. The summed E-state index contributed by atoms with van der Waals surface area (Å²) < 4.78 is 34.7. The zero-order valence-corrected chi connectivity index (χ0v) is 15.9. The highest BCUT2D eigenvalue weighted by atomic mass is 19.3. The van der Waals surface area contributed by atoms with E-state index >= 15 is 0 Å². The van der Waals surface area contributed by atoms with Crippen molar-refractivity contribution >= 4 is 0 Å². The van der Waals surface area contributed by atoms with Crippen molar-refractivity contribution in [2.75, 3.05) is 0 Å². The number of hydrogen-bond acceptors (Lipinski definition) is 5. The molecule has 0 aliphatic carbocycles. The van der Waals surface area contributed by atoms with Crippen LogP contribution in [-0.2, 0) is 6.54 Å². The molecule has 30 heavy (non-hydrogen) atoms. The van der Waals surface area contributed by atoms with E-state index in [4.69, 9.17) is 4.52 Å². The lowest BCUT2D eigenvalue weighted by Crippen LogP contribution is -2.22. The van der Waals surface area contributed by atoms with E-state index < -0.39 is 6.61 Å². The number of nitrogens with one attached hydrogen (secondary N) is 1. The van der Waals surface area contributed by atoms with Gasteiger partial charge in [0.25, 0.3) is 0 Å². The molecule has 1 N–H and O–H groups in total. The van der Waals surface area contributed by atoms with Gasteiger partial charge in [-0.05, 0) is 23.3 Å². The number of aromatic nitrogens is 2. The normalized spacial score (nSPS) is 12.1. The van der Waals surface area contributed by atoms with Gasteiger partial charge in [0.15, 0.2) is 0 Å². The maximum Gasteiger partial charge on any atom is 0.387 e. The first-order valence-electron chi connectivity index (χ1n) is 9.40. The van der Waals surface area contributed by atoms with Gasteiger partial charge in [-0.1, -0.05) is 78.0 Å². The molecule has 1 aromatic heterocycles. The third-order valence-electron chi connectivity index (χ3n) is 4.53. The minimum absolute atomic E-state index is 0.116. The van der Waals surface area contributed by atoms with E-state index in [0.29, 0.717) is 18.3 Å². The second-order valence-electron chi connectivity index (χ2n) is 6.55. The minimum Gasteiger partial charge on any atom is -0.435 e. The highest BCUT2D eigenvalue weighted by molar-refractivity contribution is 5.53. The van der Waals surface area contributed by atoms with Gasteiger partial charge in [-0.25, -0.2) is 0 Å². The first-order chi connectivity index (χ1) is 14.7. The van der Waals surface area contributed by atoms with E-state index in [2.05, 4.69) is 20.2 Å². The van der Waals surface area contributed by atoms with E-state index in [0.717, 1.165) is 16.7 Å². The molecule has 0 unspecified atom stereocenters. The molecule has 4 aromatic rings. The summed E-state index contributed by atoms with van der Waals surface area (Å²) in [6.07, 6.45) is 0. The van der Waals surface area contributed by atoms with E-state index in [9.17, 15) is 8.78 Å². The van der Waals surface area contributed by atoms with Crippen molar-refractivity contribution in [2.45, 2.75) is 19.2 Å². The maximum absolute atomic E-state index is 12.4. The lowest BCUT2D eigenvalue weighted by molar-refractivity contribution is -0.0498. The number of hydrogen-bond donors (Lipinski definition) is 1. The molecule has 0 radical (unpaired) electrons. The first kappa shape index (κ1) is 19.7. The number of benzene rings is 3. The van der Waals surface area contributed by atoms with Gasteiger partial charge in [0.2, 0.25) is 11.7 Å². The van der Waals surface area contributed by atoms with Crippen LogP contribution in [0.3, 0.4) is 0 Å². The summed E-state index contributed by atoms with van der Waals surface area (Å²) in [6, 6.07) is 25.8. The number of alkyl halides is 2. The third kappa shape index (κ3) is 4.87. The molecule has 1 heterocycles. The largest absolute Gasteiger partial charge is 0.435 e. The molecular formula is C23H19F2N3O2. The van der Waals surface area contributed by atoms with E-state index in [1.54, 1.807) is 12.1 Å². The molecule has 0 saturated carbocycles. The maximum atomic E-state index is 12.4. The van der Waals surface area contributed by atoms with Crippen LogP contribution >= 0.6 is 0 Å². The molecular weight excluding hydrogens is 388 g/mol. The van der Waals surface area contributed by atoms with Gasteiger partial charge >= 0.3 is 6.61 Å². The zero-order chi connectivity index (χ0) is 20.8. The van der Waals surface area contributed by atoms with Crippen molar-refractivity contribution < 1.29 is 18.0 Å². The fraction of sp³-hybridized carbons (Fsp3) is 0.130. The standard InChI is InChI=1S/C23H19F2N3O2/c24-23(25)29-19-13-11-17(12-14-19)21(16-7-3-1-4-8-16)26-15-20-27-22(28-30-20)18-9-5-2-6-10-18/h1-14,21,23,26H,15H2/t21-/m0/s1. The van der Waals surface area contributed by atoms with Crippen LogP contribution in [-0.4, -0.2) is 16.8 Å². The quantitative estimate of drug-likeness (QED) is 0.434. The Kier molecular flexibility index (Phi) is 6.10. The average molecular weight is 407 g/mol. The van der Waals surface area contributed by atoms with Crippen molar-refractivity contribution in [1.29, 1.82) is 0 Å². The molecule has 0 spiro atoms. The second-order valence-corrected chi connectivity index (χ2v) is 6.55. The summed E-state index contributed by atoms with van der Waals surface area (Å²) in [7, 11) is 0. The van der Waals surface area contributed by atoms with Crippen LogP contribution in [0.1, 0.15) is 23.1 Å². The Balaban J connectivity index is 1.52. The highest BCUT2D eigenvalue weighted by Gasteiger charge is 2.16. The van der Waals surface area contributed by atoms with E-state index in [1.807, 2.05) is 60.7 Å². The number of rotatable bonds is 8. The molecule has 152 valence electrons. The lowest BCUT2D eigenvalue weighted by Gasteiger charge is -2.19. The Morgan fingerprint density at radius 1 is 0.833 bits per heavy atom. The fourth-order valence-corrected chi connectivity index (χ4v) is 3.14. The molecule has 7 heteroatoms. The molecule has 0 saturated heterocycles.